The lowest BCUT2D eigenvalue weighted by Gasteiger charge is -2.34. The van der Waals surface area contributed by atoms with Crippen LogP contribution in [0.25, 0.3) is 5.70 Å². The smallest absolute Gasteiger partial charge is 0.398 e. The van der Waals surface area contributed by atoms with Gasteiger partial charge in [-0.15, -0.1) is 5.06 Å². The lowest BCUT2D eigenvalue weighted by molar-refractivity contribution is -0.174. The maximum absolute atomic E-state index is 12.3. The number of benzene rings is 1. The zero-order valence-corrected chi connectivity index (χ0v) is 18.0. The van der Waals surface area contributed by atoms with Gasteiger partial charge in [-0.2, -0.15) is 0 Å². The first-order valence-corrected chi connectivity index (χ1v) is 10.5. The average Bonchev–Trinajstić information content (AvgIpc) is 3.09. The molecule has 3 rings (SSSR count). The van der Waals surface area contributed by atoms with Crippen molar-refractivity contribution in [1.82, 2.24) is 14.9 Å². The first-order chi connectivity index (χ1) is 14.8. The summed E-state index contributed by atoms with van der Waals surface area (Å²) in [5.41, 5.74) is 8.98. The zero-order valence-electron chi connectivity index (χ0n) is 18.0. The molecule has 2 heterocycles. The maximum atomic E-state index is 12.3. The van der Waals surface area contributed by atoms with E-state index in [1.54, 1.807) is 0 Å². The molecule has 0 bridgehead atoms. The fourth-order valence-electron chi connectivity index (χ4n) is 3.36. The van der Waals surface area contributed by atoms with Gasteiger partial charge in [-0.25, -0.2) is 4.79 Å². The first kappa shape index (κ1) is 22.5. The predicted octanol–water partition coefficient (Wildman–Crippen LogP) is 1.65. The van der Waals surface area contributed by atoms with Crippen molar-refractivity contribution in [3.05, 3.63) is 41.5 Å². The van der Waals surface area contributed by atoms with E-state index in [2.05, 4.69) is 9.89 Å². The topological polar surface area (TPSA) is 109 Å². The summed E-state index contributed by atoms with van der Waals surface area (Å²) in [6, 6.07) is 9.92. The van der Waals surface area contributed by atoms with Gasteiger partial charge in [0.15, 0.2) is 0 Å². The standard InChI is InChI=1S/C22H29N5O4/c1-16(2)24-14-18(21(23)17-6-4-3-5-7-17)15-25-10-12-26(13-11-25)22(30)31-27-19(28)8-9-20(27)29/h3-7,14,16H,8-13,15,23H2,1-2H3/b21-18+,24-14?. The number of hydroxylamine groups is 2. The molecule has 9 nitrogen and oxygen atoms in total. The highest BCUT2D eigenvalue weighted by atomic mass is 16.7. The van der Waals surface area contributed by atoms with Crippen molar-refractivity contribution >= 4 is 29.8 Å². The quantitative estimate of drug-likeness (QED) is 0.546. The Balaban J connectivity index is 1.61. The van der Waals surface area contributed by atoms with Crippen LogP contribution in [0.15, 0.2) is 40.9 Å². The summed E-state index contributed by atoms with van der Waals surface area (Å²) in [5, 5.41) is 0.582. The monoisotopic (exact) mass is 427 g/mol. The average molecular weight is 428 g/mol. The van der Waals surface area contributed by atoms with Gasteiger partial charge in [-0.1, -0.05) is 30.3 Å². The van der Waals surface area contributed by atoms with Crippen molar-refractivity contribution in [2.75, 3.05) is 32.7 Å². The summed E-state index contributed by atoms with van der Waals surface area (Å²) >= 11 is 0. The molecule has 0 radical (unpaired) electrons. The van der Waals surface area contributed by atoms with Crippen LogP contribution in [0.3, 0.4) is 0 Å². The van der Waals surface area contributed by atoms with Gasteiger partial charge in [0.25, 0.3) is 11.8 Å². The highest BCUT2D eigenvalue weighted by Crippen LogP contribution is 2.17. The number of hydrogen-bond donors (Lipinski definition) is 1. The molecule has 2 aliphatic heterocycles. The summed E-state index contributed by atoms with van der Waals surface area (Å²) in [6.45, 7) is 6.68. The molecule has 1 aromatic carbocycles. The highest BCUT2D eigenvalue weighted by Gasteiger charge is 2.34. The first-order valence-electron chi connectivity index (χ1n) is 10.5. The van der Waals surface area contributed by atoms with Gasteiger partial charge in [0.05, 0.1) is 0 Å². The van der Waals surface area contributed by atoms with Crippen LogP contribution in [0.2, 0.25) is 0 Å². The van der Waals surface area contributed by atoms with Gasteiger partial charge in [-0.3, -0.25) is 19.5 Å². The van der Waals surface area contributed by atoms with Gasteiger partial charge in [0, 0.05) is 69.1 Å². The summed E-state index contributed by atoms with van der Waals surface area (Å²) < 4.78 is 0. The van der Waals surface area contributed by atoms with Crippen molar-refractivity contribution in [2.24, 2.45) is 10.7 Å². The van der Waals surface area contributed by atoms with E-state index < -0.39 is 17.9 Å². The second kappa shape index (κ2) is 10.2. The number of rotatable bonds is 6. The van der Waals surface area contributed by atoms with Crippen LogP contribution in [0, 0.1) is 0 Å². The number of imide groups is 1. The Hall–Kier alpha value is -3.20. The van der Waals surface area contributed by atoms with E-state index in [4.69, 9.17) is 10.6 Å². The number of piperazine rings is 1. The van der Waals surface area contributed by atoms with Crippen LogP contribution in [0.5, 0.6) is 0 Å². The summed E-state index contributed by atoms with van der Waals surface area (Å²) in [6.07, 6.45) is 1.31. The molecule has 0 aliphatic carbocycles. The molecule has 166 valence electrons. The molecule has 2 fully saturated rings. The van der Waals surface area contributed by atoms with Gasteiger partial charge in [0.1, 0.15) is 0 Å². The predicted molar refractivity (Wildman–Crippen MR) is 117 cm³/mol. The Labute approximate surface area is 182 Å². The van der Waals surface area contributed by atoms with Gasteiger partial charge < -0.3 is 15.5 Å². The van der Waals surface area contributed by atoms with Crippen LogP contribution in [-0.2, 0) is 14.4 Å². The minimum absolute atomic E-state index is 0.0791. The van der Waals surface area contributed by atoms with Crippen molar-refractivity contribution in [2.45, 2.75) is 32.7 Å². The molecular weight excluding hydrogens is 398 g/mol. The second-order valence-corrected chi connectivity index (χ2v) is 7.88. The number of carbonyl (C=O) groups excluding carboxylic acids is 3. The molecule has 1 aromatic rings. The summed E-state index contributed by atoms with van der Waals surface area (Å²) in [7, 11) is 0. The number of nitrogens with two attached hydrogens (primary N) is 1. The van der Waals surface area contributed by atoms with Crippen molar-refractivity contribution < 1.29 is 19.2 Å². The third kappa shape index (κ3) is 5.91. The molecule has 31 heavy (non-hydrogen) atoms. The number of amides is 3. The Bertz CT molecular complexity index is 857. The minimum Gasteiger partial charge on any atom is -0.398 e. The number of nitrogens with zero attached hydrogens (tertiary/aromatic N) is 4. The molecule has 0 aromatic heterocycles. The Kier molecular flexibility index (Phi) is 7.41. The highest BCUT2D eigenvalue weighted by molar-refractivity contribution is 6.01. The molecule has 2 N–H and O–H groups in total. The SMILES string of the molecule is CC(C)N=C/C(CN1CCN(C(=O)ON2C(=O)CCC2=O)CC1)=C(\N)c1ccccc1. The molecule has 9 heteroatoms. The van der Waals surface area contributed by atoms with E-state index >= 15 is 0 Å². The van der Waals surface area contributed by atoms with Crippen LogP contribution in [0.1, 0.15) is 32.3 Å². The molecule has 0 unspecified atom stereocenters. The second-order valence-electron chi connectivity index (χ2n) is 7.88. The van der Waals surface area contributed by atoms with E-state index in [0.717, 1.165) is 11.1 Å². The van der Waals surface area contributed by atoms with Crippen molar-refractivity contribution in [3.63, 3.8) is 0 Å². The Morgan fingerprint density at radius 1 is 1.10 bits per heavy atom. The molecule has 2 aliphatic rings. The number of hydrogen-bond acceptors (Lipinski definition) is 7. The molecule has 2 saturated heterocycles. The fourth-order valence-corrected chi connectivity index (χ4v) is 3.36. The van der Waals surface area contributed by atoms with Crippen LogP contribution in [0.4, 0.5) is 4.79 Å². The summed E-state index contributed by atoms with van der Waals surface area (Å²) in [4.78, 5) is 48.8. The van der Waals surface area contributed by atoms with Gasteiger partial charge >= 0.3 is 6.09 Å². The zero-order chi connectivity index (χ0) is 22.4. The maximum Gasteiger partial charge on any atom is 0.434 e. The third-order valence-corrected chi connectivity index (χ3v) is 5.16. The Morgan fingerprint density at radius 3 is 2.29 bits per heavy atom. The molecule has 0 atom stereocenters. The van der Waals surface area contributed by atoms with E-state index in [1.165, 1.54) is 4.90 Å². The van der Waals surface area contributed by atoms with E-state index in [-0.39, 0.29) is 18.9 Å². The largest absolute Gasteiger partial charge is 0.434 e. The van der Waals surface area contributed by atoms with E-state index in [1.807, 2.05) is 50.4 Å². The van der Waals surface area contributed by atoms with E-state index in [9.17, 15) is 14.4 Å². The van der Waals surface area contributed by atoms with Crippen molar-refractivity contribution in [3.8, 4) is 0 Å². The number of carbonyl (C=O) groups is 3. The molecule has 0 saturated carbocycles. The van der Waals surface area contributed by atoms with Crippen LogP contribution in [-0.4, -0.2) is 77.8 Å². The lowest BCUT2D eigenvalue weighted by atomic mass is 10.1. The molecular formula is C22H29N5O4. The minimum atomic E-state index is -0.677. The van der Waals surface area contributed by atoms with Crippen LogP contribution >= 0.6 is 0 Å². The lowest BCUT2D eigenvalue weighted by Crippen LogP contribution is -2.50. The normalized spacial score (nSPS) is 18.8. The summed E-state index contributed by atoms with van der Waals surface area (Å²) in [5.74, 6) is -0.958. The van der Waals surface area contributed by atoms with Crippen LogP contribution < -0.4 is 5.73 Å². The van der Waals surface area contributed by atoms with Crippen molar-refractivity contribution in [1.29, 1.82) is 0 Å². The van der Waals surface area contributed by atoms with E-state index in [0.29, 0.717) is 43.5 Å². The molecule has 0 spiro atoms. The molecule has 3 amide bonds. The Morgan fingerprint density at radius 2 is 1.71 bits per heavy atom. The van der Waals surface area contributed by atoms with Gasteiger partial charge in [-0.05, 0) is 19.4 Å². The van der Waals surface area contributed by atoms with Gasteiger partial charge in [0.2, 0.25) is 0 Å². The third-order valence-electron chi connectivity index (χ3n) is 5.16. The number of aliphatic imine (C=N–C) groups is 1. The fraction of sp³-hybridized carbons (Fsp3) is 0.455.